The highest BCUT2D eigenvalue weighted by molar-refractivity contribution is 5.46. The van der Waals surface area contributed by atoms with E-state index in [4.69, 9.17) is 5.73 Å². The van der Waals surface area contributed by atoms with Crippen molar-refractivity contribution >= 4 is 5.82 Å². The SMILES string of the molecule is Nc1ncccc1C(O)c1ccccc1C(F)(F)F. The zero-order valence-electron chi connectivity index (χ0n) is 9.72. The van der Waals surface area contributed by atoms with Crippen LogP contribution in [0.2, 0.25) is 0 Å². The zero-order valence-corrected chi connectivity index (χ0v) is 9.72. The van der Waals surface area contributed by atoms with Crippen LogP contribution in [0.5, 0.6) is 0 Å². The third kappa shape index (κ3) is 2.68. The predicted molar refractivity (Wildman–Crippen MR) is 64.2 cm³/mol. The molecule has 0 amide bonds. The second-order valence-corrected chi connectivity index (χ2v) is 3.97. The molecule has 0 bridgehead atoms. The van der Waals surface area contributed by atoms with Crippen molar-refractivity contribution in [1.29, 1.82) is 0 Å². The Morgan fingerprint density at radius 1 is 1.05 bits per heavy atom. The number of aliphatic hydroxyl groups is 1. The molecule has 100 valence electrons. The number of hydrogen-bond donors (Lipinski definition) is 2. The van der Waals surface area contributed by atoms with Gasteiger partial charge in [-0.2, -0.15) is 13.2 Å². The van der Waals surface area contributed by atoms with Crippen molar-refractivity contribution in [3.63, 3.8) is 0 Å². The minimum absolute atomic E-state index is 0.00646. The Balaban J connectivity index is 2.51. The van der Waals surface area contributed by atoms with E-state index in [0.29, 0.717) is 0 Å². The number of halogens is 3. The van der Waals surface area contributed by atoms with Crippen LogP contribution in [0.1, 0.15) is 22.8 Å². The molecule has 1 aromatic carbocycles. The van der Waals surface area contributed by atoms with Crippen molar-refractivity contribution in [2.45, 2.75) is 12.3 Å². The normalized spacial score (nSPS) is 13.3. The van der Waals surface area contributed by atoms with Crippen LogP contribution in [-0.2, 0) is 6.18 Å². The van der Waals surface area contributed by atoms with Gasteiger partial charge in [-0.3, -0.25) is 0 Å². The van der Waals surface area contributed by atoms with E-state index in [1.165, 1.54) is 36.5 Å². The van der Waals surface area contributed by atoms with Crippen LogP contribution >= 0.6 is 0 Å². The molecule has 1 atom stereocenters. The summed E-state index contributed by atoms with van der Waals surface area (Å²) in [7, 11) is 0. The fourth-order valence-corrected chi connectivity index (χ4v) is 1.82. The van der Waals surface area contributed by atoms with E-state index < -0.39 is 17.8 Å². The molecule has 2 aromatic rings. The summed E-state index contributed by atoms with van der Waals surface area (Å²) in [6.45, 7) is 0. The molecule has 1 unspecified atom stereocenters. The summed E-state index contributed by atoms with van der Waals surface area (Å²) in [6.07, 6.45) is -4.60. The van der Waals surface area contributed by atoms with E-state index in [1.54, 1.807) is 0 Å². The van der Waals surface area contributed by atoms with Crippen LogP contribution in [0.15, 0.2) is 42.6 Å². The molecule has 0 aliphatic rings. The maximum atomic E-state index is 12.9. The molecule has 0 aliphatic carbocycles. The lowest BCUT2D eigenvalue weighted by atomic mass is 9.97. The van der Waals surface area contributed by atoms with Gasteiger partial charge in [-0.05, 0) is 17.7 Å². The lowest BCUT2D eigenvalue weighted by Gasteiger charge is -2.18. The number of nitrogen functional groups attached to an aromatic ring is 1. The molecule has 1 heterocycles. The van der Waals surface area contributed by atoms with Crippen LogP contribution in [0.3, 0.4) is 0 Å². The smallest absolute Gasteiger partial charge is 0.384 e. The lowest BCUT2D eigenvalue weighted by molar-refractivity contribution is -0.139. The fraction of sp³-hybridized carbons (Fsp3) is 0.154. The molecule has 6 heteroatoms. The molecule has 0 saturated heterocycles. The van der Waals surface area contributed by atoms with Gasteiger partial charge < -0.3 is 10.8 Å². The van der Waals surface area contributed by atoms with E-state index in [0.717, 1.165) is 6.07 Å². The number of benzene rings is 1. The summed E-state index contributed by atoms with van der Waals surface area (Å²) in [5.74, 6) is 0.00646. The second kappa shape index (κ2) is 4.89. The minimum atomic E-state index is -4.53. The number of aromatic nitrogens is 1. The fourth-order valence-electron chi connectivity index (χ4n) is 1.82. The summed E-state index contributed by atoms with van der Waals surface area (Å²) in [5.41, 5.74) is 4.59. The van der Waals surface area contributed by atoms with Crippen molar-refractivity contribution in [1.82, 2.24) is 4.98 Å². The van der Waals surface area contributed by atoms with Gasteiger partial charge in [0.25, 0.3) is 0 Å². The van der Waals surface area contributed by atoms with Gasteiger partial charge in [-0.15, -0.1) is 0 Å². The van der Waals surface area contributed by atoms with Gasteiger partial charge in [0.15, 0.2) is 0 Å². The van der Waals surface area contributed by atoms with Gasteiger partial charge in [0, 0.05) is 11.8 Å². The van der Waals surface area contributed by atoms with Crippen molar-refractivity contribution in [3.8, 4) is 0 Å². The third-order valence-corrected chi connectivity index (χ3v) is 2.73. The van der Waals surface area contributed by atoms with E-state index in [9.17, 15) is 18.3 Å². The van der Waals surface area contributed by atoms with Crippen LogP contribution in [0, 0.1) is 0 Å². The van der Waals surface area contributed by atoms with E-state index in [-0.39, 0.29) is 16.9 Å². The van der Waals surface area contributed by atoms with Crippen molar-refractivity contribution in [2.75, 3.05) is 5.73 Å². The van der Waals surface area contributed by atoms with Crippen LogP contribution in [0.4, 0.5) is 19.0 Å². The topological polar surface area (TPSA) is 59.1 Å². The first-order chi connectivity index (χ1) is 8.91. The average molecular weight is 268 g/mol. The van der Waals surface area contributed by atoms with Gasteiger partial charge in [-0.1, -0.05) is 24.3 Å². The summed E-state index contributed by atoms with van der Waals surface area (Å²) >= 11 is 0. The third-order valence-electron chi connectivity index (χ3n) is 2.73. The Kier molecular flexibility index (Phi) is 3.44. The van der Waals surface area contributed by atoms with Gasteiger partial charge in [0.05, 0.1) is 5.56 Å². The molecule has 19 heavy (non-hydrogen) atoms. The first kappa shape index (κ1) is 13.4. The number of pyridine rings is 1. The first-order valence-electron chi connectivity index (χ1n) is 5.46. The molecule has 0 saturated carbocycles. The number of rotatable bonds is 2. The highest BCUT2D eigenvalue weighted by atomic mass is 19.4. The Labute approximate surface area is 107 Å². The Morgan fingerprint density at radius 3 is 2.32 bits per heavy atom. The highest BCUT2D eigenvalue weighted by Gasteiger charge is 2.35. The van der Waals surface area contributed by atoms with Gasteiger partial charge in [-0.25, -0.2) is 4.98 Å². The summed E-state index contributed by atoms with van der Waals surface area (Å²) in [4.78, 5) is 3.75. The molecule has 0 spiro atoms. The number of anilines is 1. The molecule has 3 nitrogen and oxygen atoms in total. The number of alkyl halides is 3. The largest absolute Gasteiger partial charge is 0.416 e. The summed E-state index contributed by atoms with van der Waals surface area (Å²) in [5, 5.41) is 10.1. The maximum absolute atomic E-state index is 12.9. The number of nitrogens with two attached hydrogens (primary N) is 1. The van der Waals surface area contributed by atoms with E-state index in [1.807, 2.05) is 0 Å². The van der Waals surface area contributed by atoms with Crippen LogP contribution in [-0.4, -0.2) is 10.1 Å². The van der Waals surface area contributed by atoms with Gasteiger partial charge >= 0.3 is 6.18 Å². The zero-order chi connectivity index (χ0) is 14.0. The average Bonchev–Trinajstić information content (AvgIpc) is 2.37. The van der Waals surface area contributed by atoms with Gasteiger partial charge in [0.1, 0.15) is 11.9 Å². The number of aliphatic hydroxyl groups excluding tert-OH is 1. The first-order valence-corrected chi connectivity index (χ1v) is 5.46. The number of nitrogens with zero attached hydrogens (tertiary/aromatic N) is 1. The van der Waals surface area contributed by atoms with Crippen LogP contribution in [0.25, 0.3) is 0 Å². The molecule has 1 aromatic heterocycles. The summed E-state index contributed by atoms with van der Waals surface area (Å²) in [6, 6.07) is 7.79. The van der Waals surface area contributed by atoms with Crippen molar-refractivity contribution < 1.29 is 18.3 Å². The van der Waals surface area contributed by atoms with Crippen LogP contribution < -0.4 is 5.73 Å². The Morgan fingerprint density at radius 2 is 1.68 bits per heavy atom. The van der Waals surface area contributed by atoms with Crippen molar-refractivity contribution in [3.05, 3.63) is 59.3 Å². The summed E-state index contributed by atoms with van der Waals surface area (Å²) < 4.78 is 38.6. The molecule has 3 N–H and O–H groups in total. The molecular weight excluding hydrogens is 257 g/mol. The maximum Gasteiger partial charge on any atom is 0.416 e. The van der Waals surface area contributed by atoms with E-state index in [2.05, 4.69) is 4.98 Å². The predicted octanol–water partition coefficient (Wildman–Crippen LogP) is 2.76. The molecule has 2 rings (SSSR count). The quantitative estimate of drug-likeness (QED) is 0.880. The molecular formula is C13H11F3N2O. The monoisotopic (exact) mass is 268 g/mol. The Hall–Kier alpha value is -2.08. The minimum Gasteiger partial charge on any atom is -0.384 e. The second-order valence-electron chi connectivity index (χ2n) is 3.97. The lowest BCUT2D eigenvalue weighted by Crippen LogP contribution is -2.13. The molecule has 0 radical (unpaired) electrons. The van der Waals surface area contributed by atoms with Gasteiger partial charge in [0.2, 0.25) is 0 Å². The molecule has 0 aliphatic heterocycles. The highest BCUT2D eigenvalue weighted by Crippen LogP contribution is 2.37. The van der Waals surface area contributed by atoms with Crippen molar-refractivity contribution in [2.24, 2.45) is 0 Å². The van der Waals surface area contributed by atoms with E-state index >= 15 is 0 Å². The number of hydrogen-bond acceptors (Lipinski definition) is 3. The molecule has 0 fully saturated rings. The Bertz CT molecular complexity index is 584. The standard InChI is InChI=1S/C13H11F3N2O/c14-13(15,16)10-6-2-1-4-8(10)11(19)9-5-3-7-18-12(9)17/h1-7,11,19H,(H2,17,18).